The van der Waals surface area contributed by atoms with Gasteiger partial charge in [0.15, 0.2) is 0 Å². The molecule has 0 fully saturated rings. The molecule has 0 aliphatic heterocycles. The van der Waals surface area contributed by atoms with Crippen LogP contribution in [-0.4, -0.2) is 0 Å². The summed E-state index contributed by atoms with van der Waals surface area (Å²) in [5.41, 5.74) is 5.80. The first kappa shape index (κ1) is 11.0. The average Bonchev–Trinajstić information content (AvgIpc) is 3.08. The molecular weight excluding hydrogens is 248 g/mol. The zero-order valence-corrected chi connectivity index (χ0v) is 11.4. The molecule has 92 valence electrons. The Kier molecular flexibility index (Phi) is 2.52. The molecule has 0 unspecified atom stereocenters. The van der Waals surface area contributed by atoms with Crippen molar-refractivity contribution in [2.45, 2.75) is 12.3 Å². The Bertz CT molecular complexity index is 665. The van der Waals surface area contributed by atoms with Crippen molar-refractivity contribution in [3.8, 4) is 11.1 Å². The van der Waals surface area contributed by atoms with Crippen molar-refractivity contribution in [1.82, 2.24) is 0 Å². The lowest BCUT2D eigenvalue weighted by Crippen LogP contribution is -1.99. The summed E-state index contributed by atoms with van der Waals surface area (Å²) in [6, 6.07) is 22.1. The van der Waals surface area contributed by atoms with E-state index in [2.05, 4.69) is 66.0 Å². The molecule has 0 N–H and O–H groups in total. The average molecular weight is 262 g/mol. The van der Waals surface area contributed by atoms with Crippen molar-refractivity contribution in [3.63, 3.8) is 0 Å². The number of rotatable bonds is 2. The molecule has 1 aromatic heterocycles. The minimum atomic E-state index is 0.519. The van der Waals surface area contributed by atoms with E-state index in [1.54, 1.807) is 0 Å². The summed E-state index contributed by atoms with van der Waals surface area (Å²) in [5, 5.41) is 2.17. The lowest BCUT2D eigenvalue weighted by atomic mass is 9.93. The highest BCUT2D eigenvalue weighted by molar-refractivity contribution is 7.09. The lowest BCUT2D eigenvalue weighted by molar-refractivity contribution is 0.840. The number of fused-ring (bicyclic) bond motifs is 3. The van der Waals surface area contributed by atoms with Gasteiger partial charge in [0, 0.05) is 10.8 Å². The highest BCUT2D eigenvalue weighted by Gasteiger charge is 2.27. The number of thiophene rings is 1. The summed E-state index contributed by atoms with van der Waals surface area (Å²) in [6.45, 7) is 0. The largest absolute Gasteiger partial charge is 0.149 e. The van der Waals surface area contributed by atoms with Crippen LogP contribution in [0, 0.1) is 0 Å². The summed E-state index contributed by atoms with van der Waals surface area (Å²) in [6.07, 6.45) is 1.12. The molecule has 0 amide bonds. The highest BCUT2D eigenvalue weighted by atomic mass is 32.1. The molecule has 19 heavy (non-hydrogen) atoms. The highest BCUT2D eigenvalue weighted by Crippen LogP contribution is 2.46. The first-order valence-corrected chi connectivity index (χ1v) is 7.52. The van der Waals surface area contributed by atoms with Gasteiger partial charge in [-0.05, 0) is 40.1 Å². The van der Waals surface area contributed by atoms with Crippen LogP contribution < -0.4 is 0 Å². The Balaban J connectivity index is 1.86. The molecule has 1 heteroatoms. The van der Waals surface area contributed by atoms with Crippen LogP contribution in [0.25, 0.3) is 11.1 Å². The molecule has 1 heterocycles. The molecule has 1 aliphatic rings. The third-order valence-corrected chi connectivity index (χ3v) is 4.85. The van der Waals surface area contributed by atoms with Crippen LogP contribution in [0.3, 0.4) is 0 Å². The van der Waals surface area contributed by atoms with Gasteiger partial charge in [0.2, 0.25) is 0 Å². The van der Waals surface area contributed by atoms with Crippen molar-refractivity contribution in [2.75, 3.05) is 0 Å². The zero-order chi connectivity index (χ0) is 12.7. The quantitative estimate of drug-likeness (QED) is 0.602. The van der Waals surface area contributed by atoms with E-state index in [-0.39, 0.29) is 0 Å². The van der Waals surface area contributed by atoms with E-state index < -0.39 is 0 Å². The van der Waals surface area contributed by atoms with Gasteiger partial charge < -0.3 is 0 Å². The van der Waals surface area contributed by atoms with Gasteiger partial charge in [-0.1, -0.05) is 54.6 Å². The summed E-state index contributed by atoms with van der Waals surface area (Å²) < 4.78 is 0. The molecule has 3 aromatic rings. The van der Waals surface area contributed by atoms with Crippen LogP contribution in [0.5, 0.6) is 0 Å². The third kappa shape index (κ3) is 1.73. The fraction of sp³-hybridized carbons (Fsp3) is 0.111. The summed E-state index contributed by atoms with van der Waals surface area (Å²) in [5.74, 6) is 0.519. The van der Waals surface area contributed by atoms with Gasteiger partial charge in [-0.3, -0.25) is 0 Å². The predicted molar refractivity (Wildman–Crippen MR) is 81.7 cm³/mol. The number of hydrogen-bond donors (Lipinski definition) is 0. The Morgan fingerprint density at radius 1 is 0.737 bits per heavy atom. The van der Waals surface area contributed by atoms with E-state index >= 15 is 0 Å². The van der Waals surface area contributed by atoms with Crippen LogP contribution in [0.4, 0.5) is 0 Å². The Hall–Kier alpha value is -1.86. The second kappa shape index (κ2) is 4.36. The van der Waals surface area contributed by atoms with E-state index in [9.17, 15) is 0 Å². The smallest absolute Gasteiger partial charge is 0.0150 e. The van der Waals surface area contributed by atoms with Crippen molar-refractivity contribution >= 4 is 11.3 Å². The minimum absolute atomic E-state index is 0.519. The normalized spacial score (nSPS) is 13.3. The van der Waals surface area contributed by atoms with E-state index in [0.29, 0.717) is 5.92 Å². The third-order valence-electron chi connectivity index (χ3n) is 3.95. The van der Waals surface area contributed by atoms with Crippen molar-refractivity contribution in [3.05, 3.63) is 82.0 Å². The minimum Gasteiger partial charge on any atom is -0.149 e. The van der Waals surface area contributed by atoms with Gasteiger partial charge >= 0.3 is 0 Å². The standard InChI is InChI=1S/C18H14S/c1-3-9-16-14(7-1)15-8-2-4-10-17(15)18(16)12-13-6-5-11-19-13/h1-11,18H,12H2. The topological polar surface area (TPSA) is 0 Å². The van der Waals surface area contributed by atoms with E-state index in [0.717, 1.165) is 6.42 Å². The lowest BCUT2D eigenvalue weighted by Gasteiger charge is -2.12. The van der Waals surface area contributed by atoms with Crippen LogP contribution >= 0.6 is 11.3 Å². The molecule has 0 nitrogen and oxygen atoms in total. The molecule has 0 saturated heterocycles. The maximum atomic E-state index is 2.29. The van der Waals surface area contributed by atoms with Crippen molar-refractivity contribution in [1.29, 1.82) is 0 Å². The summed E-state index contributed by atoms with van der Waals surface area (Å²) in [7, 11) is 0. The Morgan fingerprint density at radius 2 is 1.37 bits per heavy atom. The monoisotopic (exact) mass is 262 g/mol. The molecular formula is C18H14S. The van der Waals surface area contributed by atoms with Gasteiger partial charge in [-0.25, -0.2) is 0 Å². The second-order valence-electron chi connectivity index (χ2n) is 5.01. The van der Waals surface area contributed by atoms with Gasteiger partial charge in [0.1, 0.15) is 0 Å². The molecule has 0 atom stereocenters. The fourth-order valence-corrected chi connectivity index (χ4v) is 3.86. The summed E-state index contributed by atoms with van der Waals surface area (Å²) >= 11 is 1.86. The maximum Gasteiger partial charge on any atom is 0.0150 e. The molecule has 0 saturated carbocycles. The molecule has 1 aliphatic carbocycles. The first-order valence-electron chi connectivity index (χ1n) is 6.64. The zero-order valence-electron chi connectivity index (χ0n) is 10.5. The number of benzene rings is 2. The number of hydrogen-bond acceptors (Lipinski definition) is 1. The molecule has 0 spiro atoms. The SMILES string of the molecule is c1csc(CC2c3ccccc3-c3ccccc32)c1. The van der Waals surface area contributed by atoms with Crippen molar-refractivity contribution < 1.29 is 0 Å². The van der Waals surface area contributed by atoms with Crippen LogP contribution in [0.15, 0.2) is 66.0 Å². The molecule has 0 radical (unpaired) electrons. The van der Waals surface area contributed by atoms with Gasteiger partial charge in [-0.15, -0.1) is 11.3 Å². The fourth-order valence-electron chi connectivity index (χ4n) is 3.11. The van der Waals surface area contributed by atoms with E-state index in [1.807, 2.05) is 11.3 Å². The van der Waals surface area contributed by atoms with Crippen LogP contribution in [-0.2, 0) is 6.42 Å². The van der Waals surface area contributed by atoms with Crippen LogP contribution in [0.1, 0.15) is 21.9 Å². The Labute approximate surface area is 117 Å². The van der Waals surface area contributed by atoms with Gasteiger partial charge in [-0.2, -0.15) is 0 Å². The predicted octanol–water partition coefficient (Wildman–Crippen LogP) is 5.10. The van der Waals surface area contributed by atoms with E-state index in [1.165, 1.54) is 27.1 Å². The second-order valence-corrected chi connectivity index (χ2v) is 6.04. The molecule has 0 bridgehead atoms. The molecule has 4 rings (SSSR count). The first-order chi connectivity index (χ1) is 9.43. The molecule has 2 aromatic carbocycles. The van der Waals surface area contributed by atoms with E-state index in [4.69, 9.17) is 0 Å². The maximum absolute atomic E-state index is 2.29. The summed E-state index contributed by atoms with van der Waals surface area (Å²) in [4.78, 5) is 1.47. The van der Waals surface area contributed by atoms with Gasteiger partial charge in [0.25, 0.3) is 0 Å². The van der Waals surface area contributed by atoms with Gasteiger partial charge in [0.05, 0.1) is 0 Å². The van der Waals surface area contributed by atoms with Crippen molar-refractivity contribution in [2.24, 2.45) is 0 Å². The Morgan fingerprint density at radius 3 is 1.95 bits per heavy atom. The van der Waals surface area contributed by atoms with Crippen LogP contribution in [0.2, 0.25) is 0 Å².